The van der Waals surface area contributed by atoms with E-state index in [2.05, 4.69) is 4.74 Å². The molecule has 1 radical (unpaired) electrons. The van der Waals surface area contributed by atoms with Crippen molar-refractivity contribution >= 4 is 35.8 Å². The largest absolute Gasteiger partial charge is 0.481 e. The summed E-state index contributed by atoms with van der Waals surface area (Å²) in [5, 5.41) is 53.5. The number of rotatable bonds is 11. The maximum Gasteiger partial charge on any atom is 0.349 e. The van der Waals surface area contributed by atoms with Crippen molar-refractivity contribution in [2.45, 2.75) is 36.9 Å². The fourth-order valence-corrected chi connectivity index (χ4v) is 1.77. The quantitative estimate of drug-likeness (QED) is 0.154. The van der Waals surface area contributed by atoms with Crippen LogP contribution in [0, 0.1) is 0 Å². The van der Waals surface area contributed by atoms with Crippen LogP contribution in [0.15, 0.2) is 0 Å². The van der Waals surface area contributed by atoms with Gasteiger partial charge in [0.2, 0.25) is 5.60 Å². The van der Waals surface area contributed by atoms with Crippen LogP contribution in [-0.4, -0.2) is 77.7 Å². The van der Waals surface area contributed by atoms with Gasteiger partial charge in [0.15, 0.2) is 5.60 Å². The minimum Gasteiger partial charge on any atom is -0.481 e. The monoisotopic (exact) mass is 429 g/mol. The molecular weight excluding hydrogens is 416 g/mol. The number of esters is 1. The fraction of sp³-hybridized carbons (Fsp3) is 0.500. The summed E-state index contributed by atoms with van der Waals surface area (Å²) in [6, 6.07) is 0. The van der Waals surface area contributed by atoms with Crippen LogP contribution in [0.4, 0.5) is 0 Å². The van der Waals surface area contributed by atoms with Crippen molar-refractivity contribution in [3.63, 3.8) is 0 Å². The SMILES string of the molecule is O=C(O)CC(O)(CC(=O)OC(CC(=O)O)(CC(=O)O)C(=O)O)C(=O)O.[Cu]. The Balaban J connectivity index is 0. The molecule has 26 heavy (non-hydrogen) atoms. The summed E-state index contributed by atoms with van der Waals surface area (Å²) in [4.78, 5) is 66.0. The van der Waals surface area contributed by atoms with Gasteiger partial charge in [-0.15, -0.1) is 0 Å². The zero-order chi connectivity index (χ0) is 20.0. The van der Waals surface area contributed by atoms with Gasteiger partial charge in [-0.1, -0.05) is 0 Å². The average Bonchev–Trinajstić information content (AvgIpc) is 2.34. The van der Waals surface area contributed by atoms with Crippen molar-refractivity contribution < 1.29 is 81.2 Å². The number of carbonyl (C=O) groups excluding carboxylic acids is 1. The van der Waals surface area contributed by atoms with E-state index in [1.54, 1.807) is 0 Å². The number of hydrogen-bond acceptors (Lipinski definition) is 8. The summed E-state index contributed by atoms with van der Waals surface area (Å²) < 4.78 is 4.33. The molecule has 0 spiro atoms. The molecule has 13 nitrogen and oxygen atoms in total. The first-order chi connectivity index (χ1) is 11.2. The van der Waals surface area contributed by atoms with Crippen molar-refractivity contribution in [3.8, 4) is 0 Å². The molecule has 0 heterocycles. The van der Waals surface area contributed by atoms with Crippen LogP contribution < -0.4 is 0 Å². The first-order valence-corrected chi connectivity index (χ1v) is 6.30. The summed E-state index contributed by atoms with van der Waals surface area (Å²) in [5.41, 5.74) is -6.24. The third-order valence-corrected chi connectivity index (χ3v) is 2.85. The van der Waals surface area contributed by atoms with Crippen LogP contribution in [0.2, 0.25) is 0 Å². The van der Waals surface area contributed by atoms with Gasteiger partial charge in [-0.3, -0.25) is 19.2 Å². The van der Waals surface area contributed by atoms with Gasteiger partial charge >= 0.3 is 35.8 Å². The molecule has 0 aliphatic carbocycles. The van der Waals surface area contributed by atoms with E-state index in [0.29, 0.717) is 0 Å². The van der Waals surface area contributed by atoms with Crippen molar-refractivity contribution in [2.24, 2.45) is 0 Å². The van der Waals surface area contributed by atoms with Gasteiger partial charge in [0.05, 0.1) is 25.7 Å². The maximum absolute atomic E-state index is 11.7. The Bertz CT molecular complexity index is 596. The second-order valence-corrected chi connectivity index (χ2v) is 5.00. The molecule has 0 aliphatic rings. The molecule has 0 bridgehead atoms. The number of aliphatic hydroxyl groups is 1. The van der Waals surface area contributed by atoms with Gasteiger partial charge in [0.25, 0.3) is 0 Å². The Labute approximate surface area is 154 Å². The molecule has 1 atom stereocenters. The molecule has 0 rings (SSSR count). The minimum atomic E-state index is -3.17. The molecule has 14 heteroatoms. The molecule has 0 aliphatic heterocycles. The van der Waals surface area contributed by atoms with Crippen molar-refractivity contribution in [3.05, 3.63) is 0 Å². The molecule has 0 amide bonds. The number of aliphatic carboxylic acids is 5. The van der Waals surface area contributed by atoms with Crippen molar-refractivity contribution in [1.29, 1.82) is 0 Å². The van der Waals surface area contributed by atoms with Gasteiger partial charge in [-0.2, -0.15) is 0 Å². The second kappa shape index (κ2) is 9.70. The van der Waals surface area contributed by atoms with Gasteiger partial charge < -0.3 is 35.4 Å². The van der Waals surface area contributed by atoms with Crippen LogP contribution >= 0.6 is 0 Å². The Morgan fingerprint density at radius 3 is 1.31 bits per heavy atom. The molecule has 151 valence electrons. The smallest absolute Gasteiger partial charge is 0.349 e. The Hall–Kier alpha value is -2.70. The van der Waals surface area contributed by atoms with E-state index in [9.17, 15) is 33.9 Å². The number of carboxylic acid groups (broad SMARTS) is 5. The molecule has 0 aromatic heterocycles. The van der Waals surface area contributed by atoms with Crippen LogP contribution in [-0.2, 0) is 50.6 Å². The molecule has 0 saturated heterocycles. The standard InChI is InChI=1S/C12H14O13.Cu/c13-5(14)1-11(24,9(20)21)4-8(19)25-12(10(22)23,2-6(15)16)3-7(17)18;/h24H,1-4H2,(H,13,14)(H,15,16)(H,17,18)(H,20,21)(H,22,23);. The van der Waals surface area contributed by atoms with Crippen LogP contribution in [0.3, 0.4) is 0 Å². The van der Waals surface area contributed by atoms with Gasteiger partial charge in [-0.05, 0) is 0 Å². The molecular formula is C12H14CuO13. The zero-order valence-electron chi connectivity index (χ0n) is 12.7. The summed E-state index contributed by atoms with van der Waals surface area (Å²) >= 11 is 0. The van der Waals surface area contributed by atoms with E-state index in [4.69, 9.17) is 25.5 Å². The van der Waals surface area contributed by atoms with Crippen LogP contribution in [0.1, 0.15) is 25.7 Å². The summed E-state index contributed by atoms with van der Waals surface area (Å²) in [7, 11) is 0. The molecule has 0 saturated carbocycles. The Kier molecular flexibility index (Phi) is 9.53. The molecule has 0 fully saturated rings. The maximum atomic E-state index is 11.7. The van der Waals surface area contributed by atoms with E-state index >= 15 is 0 Å². The number of carboxylic acids is 5. The van der Waals surface area contributed by atoms with Gasteiger partial charge in [0.1, 0.15) is 0 Å². The molecule has 0 aromatic rings. The van der Waals surface area contributed by atoms with E-state index in [1.807, 2.05) is 0 Å². The Morgan fingerprint density at radius 2 is 1.04 bits per heavy atom. The van der Waals surface area contributed by atoms with E-state index in [1.165, 1.54) is 0 Å². The topological polar surface area (TPSA) is 233 Å². The van der Waals surface area contributed by atoms with E-state index in [0.717, 1.165) is 0 Å². The predicted molar refractivity (Wildman–Crippen MR) is 70.4 cm³/mol. The number of hydrogen-bond donors (Lipinski definition) is 6. The third-order valence-electron chi connectivity index (χ3n) is 2.85. The molecule has 1 unspecified atom stereocenters. The number of ether oxygens (including phenoxy) is 1. The first-order valence-electron chi connectivity index (χ1n) is 6.30. The third kappa shape index (κ3) is 7.46. The number of carbonyl (C=O) groups is 6. The second-order valence-electron chi connectivity index (χ2n) is 5.00. The van der Waals surface area contributed by atoms with Gasteiger partial charge in [0, 0.05) is 17.1 Å². The van der Waals surface area contributed by atoms with Crippen molar-refractivity contribution in [2.75, 3.05) is 0 Å². The Morgan fingerprint density at radius 1 is 0.654 bits per heavy atom. The fourth-order valence-electron chi connectivity index (χ4n) is 1.77. The zero-order valence-corrected chi connectivity index (χ0v) is 13.6. The summed E-state index contributed by atoms with van der Waals surface area (Å²) in [5.74, 6) is -11.6. The van der Waals surface area contributed by atoms with Crippen LogP contribution in [0.25, 0.3) is 0 Å². The van der Waals surface area contributed by atoms with E-state index < -0.39 is 72.7 Å². The van der Waals surface area contributed by atoms with Gasteiger partial charge in [-0.25, -0.2) is 9.59 Å². The minimum absolute atomic E-state index is 0. The molecule has 0 aromatic carbocycles. The molecule has 6 N–H and O–H groups in total. The first kappa shape index (κ1) is 25.5. The summed E-state index contributed by atoms with van der Waals surface area (Å²) in [6.07, 6.45) is -5.94. The predicted octanol–water partition coefficient (Wildman–Crippen LogP) is -2.02. The normalized spacial score (nSPS) is 12.8. The average molecular weight is 430 g/mol. The summed E-state index contributed by atoms with van der Waals surface area (Å²) in [6.45, 7) is 0. The van der Waals surface area contributed by atoms with E-state index in [-0.39, 0.29) is 17.1 Å². The van der Waals surface area contributed by atoms with Crippen LogP contribution in [0.5, 0.6) is 0 Å². The van der Waals surface area contributed by atoms with Crippen molar-refractivity contribution in [1.82, 2.24) is 0 Å².